The molecule has 0 saturated heterocycles. The first-order chi connectivity index (χ1) is 11.7. The molecule has 0 bridgehead atoms. The number of aromatic amines is 1. The average Bonchev–Trinajstić information content (AvgIpc) is 3.18. The summed E-state index contributed by atoms with van der Waals surface area (Å²) < 4.78 is 0. The Labute approximate surface area is 137 Å². The maximum atomic E-state index is 12.3. The lowest BCUT2D eigenvalue weighted by Gasteiger charge is -2.03. The van der Waals surface area contributed by atoms with E-state index in [-0.39, 0.29) is 11.8 Å². The zero-order chi connectivity index (χ0) is 16.7. The van der Waals surface area contributed by atoms with Crippen LogP contribution in [-0.2, 0) is 4.79 Å². The van der Waals surface area contributed by atoms with E-state index in [9.17, 15) is 9.59 Å². The quantitative estimate of drug-likeness (QED) is 0.634. The highest BCUT2D eigenvalue weighted by Gasteiger charge is 2.25. The third kappa shape index (κ3) is 2.25. The molecule has 1 aliphatic heterocycles. The second-order valence-corrected chi connectivity index (χ2v) is 5.57. The summed E-state index contributed by atoms with van der Waals surface area (Å²) in [5.74, 6) is -0.363. The number of fused-ring (bicyclic) bond motifs is 2. The molecule has 0 saturated carbocycles. The van der Waals surface area contributed by atoms with Crippen molar-refractivity contribution in [1.29, 1.82) is 0 Å². The SMILES string of the molecule is CNC(=O)c1ccc2c(c1)NC(=O)C2=Cc1ccc2cn[nH]c2c1. The molecule has 118 valence electrons. The topological polar surface area (TPSA) is 86.9 Å². The van der Waals surface area contributed by atoms with E-state index in [4.69, 9.17) is 0 Å². The largest absolute Gasteiger partial charge is 0.355 e. The van der Waals surface area contributed by atoms with E-state index in [1.54, 1.807) is 31.4 Å². The van der Waals surface area contributed by atoms with Gasteiger partial charge in [0, 0.05) is 34.8 Å². The second-order valence-electron chi connectivity index (χ2n) is 5.57. The predicted molar refractivity (Wildman–Crippen MR) is 92.4 cm³/mol. The molecule has 1 aromatic heterocycles. The van der Waals surface area contributed by atoms with Crippen molar-refractivity contribution in [2.45, 2.75) is 0 Å². The number of aromatic nitrogens is 2. The Bertz CT molecular complexity index is 1020. The van der Waals surface area contributed by atoms with Gasteiger partial charge in [-0.2, -0.15) is 5.10 Å². The number of H-pyrrole nitrogens is 1. The average molecular weight is 318 g/mol. The third-order valence-electron chi connectivity index (χ3n) is 4.07. The molecule has 1 aliphatic rings. The van der Waals surface area contributed by atoms with E-state index < -0.39 is 0 Å². The zero-order valence-electron chi connectivity index (χ0n) is 12.9. The van der Waals surface area contributed by atoms with Gasteiger partial charge in [0.15, 0.2) is 0 Å². The van der Waals surface area contributed by atoms with Crippen molar-refractivity contribution in [2.75, 3.05) is 12.4 Å². The molecule has 0 radical (unpaired) electrons. The predicted octanol–water partition coefficient (Wildman–Crippen LogP) is 2.42. The van der Waals surface area contributed by atoms with Crippen molar-refractivity contribution in [3.8, 4) is 0 Å². The highest BCUT2D eigenvalue weighted by Crippen LogP contribution is 2.34. The number of rotatable bonds is 2. The minimum Gasteiger partial charge on any atom is -0.355 e. The summed E-state index contributed by atoms with van der Waals surface area (Å²) in [6, 6.07) is 11.0. The molecule has 6 nitrogen and oxygen atoms in total. The minimum atomic E-state index is -0.186. The van der Waals surface area contributed by atoms with Gasteiger partial charge in [-0.05, 0) is 29.8 Å². The monoisotopic (exact) mass is 318 g/mol. The Morgan fingerprint density at radius 3 is 2.92 bits per heavy atom. The molecule has 0 unspecified atom stereocenters. The number of nitrogens with zero attached hydrogens (tertiary/aromatic N) is 1. The number of hydrogen-bond donors (Lipinski definition) is 3. The van der Waals surface area contributed by atoms with Crippen LogP contribution in [0.15, 0.2) is 42.6 Å². The first kappa shape index (κ1) is 14.2. The van der Waals surface area contributed by atoms with Gasteiger partial charge in [-0.1, -0.05) is 18.2 Å². The molecule has 0 fully saturated rings. The van der Waals surface area contributed by atoms with E-state index in [0.29, 0.717) is 16.8 Å². The smallest absolute Gasteiger partial charge is 0.256 e. The lowest BCUT2D eigenvalue weighted by molar-refractivity contribution is -0.110. The van der Waals surface area contributed by atoms with Crippen LogP contribution in [0.5, 0.6) is 0 Å². The summed E-state index contributed by atoms with van der Waals surface area (Å²) >= 11 is 0. The molecule has 2 heterocycles. The first-order valence-corrected chi connectivity index (χ1v) is 7.48. The van der Waals surface area contributed by atoms with Gasteiger partial charge in [-0.15, -0.1) is 0 Å². The number of amides is 2. The third-order valence-corrected chi connectivity index (χ3v) is 4.07. The highest BCUT2D eigenvalue weighted by molar-refractivity contribution is 6.35. The van der Waals surface area contributed by atoms with Crippen LogP contribution >= 0.6 is 0 Å². The van der Waals surface area contributed by atoms with Crippen molar-refractivity contribution in [2.24, 2.45) is 0 Å². The number of carbonyl (C=O) groups is 2. The standard InChI is InChI=1S/C18H14N4O2/c1-19-17(23)11-4-5-13-14(18(24)21-16(13)8-11)6-10-2-3-12-9-20-22-15(12)7-10/h2-9H,1H3,(H,19,23)(H,20,22)(H,21,24). The van der Waals surface area contributed by atoms with Gasteiger partial charge >= 0.3 is 0 Å². The first-order valence-electron chi connectivity index (χ1n) is 7.48. The van der Waals surface area contributed by atoms with Gasteiger partial charge < -0.3 is 10.6 Å². The van der Waals surface area contributed by atoms with Crippen molar-refractivity contribution < 1.29 is 9.59 Å². The zero-order valence-corrected chi connectivity index (χ0v) is 12.9. The number of hydrogen-bond acceptors (Lipinski definition) is 3. The van der Waals surface area contributed by atoms with Crippen molar-refractivity contribution >= 4 is 40.1 Å². The summed E-state index contributed by atoms with van der Waals surface area (Å²) in [5, 5.41) is 13.3. The van der Waals surface area contributed by atoms with Crippen molar-refractivity contribution in [3.63, 3.8) is 0 Å². The second kappa shape index (κ2) is 5.34. The molecule has 2 amide bonds. The van der Waals surface area contributed by atoms with E-state index in [1.165, 1.54) is 0 Å². The molecular weight excluding hydrogens is 304 g/mol. The van der Waals surface area contributed by atoms with Crippen LogP contribution in [0.1, 0.15) is 21.5 Å². The van der Waals surface area contributed by atoms with Gasteiger partial charge in [-0.25, -0.2) is 0 Å². The molecule has 3 aromatic rings. The summed E-state index contributed by atoms with van der Waals surface area (Å²) in [7, 11) is 1.57. The van der Waals surface area contributed by atoms with Gasteiger partial charge in [-0.3, -0.25) is 14.7 Å². The normalized spacial score (nSPS) is 14.7. The molecule has 0 spiro atoms. The Kier molecular flexibility index (Phi) is 3.16. The van der Waals surface area contributed by atoms with Crippen LogP contribution in [-0.4, -0.2) is 29.1 Å². The maximum Gasteiger partial charge on any atom is 0.256 e. The van der Waals surface area contributed by atoms with E-state index >= 15 is 0 Å². The van der Waals surface area contributed by atoms with E-state index in [2.05, 4.69) is 20.8 Å². The lowest BCUT2D eigenvalue weighted by atomic mass is 10.0. The summed E-state index contributed by atoms with van der Waals surface area (Å²) in [5.41, 5.74) is 4.34. The van der Waals surface area contributed by atoms with Gasteiger partial charge in [0.25, 0.3) is 11.8 Å². The van der Waals surface area contributed by atoms with Gasteiger partial charge in [0.05, 0.1) is 11.7 Å². The summed E-state index contributed by atoms with van der Waals surface area (Å²) in [4.78, 5) is 24.0. The Morgan fingerprint density at radius 2 is 2.08 bits per heavy atom. The van der Waals surface area contributed by atoms with Crippen molar-refractivity contribution in [1.82, 2.24) is 15.5 Å². The van der Waals surface area contributed by atoms with Crippen LogP contribution < -0.4 is 10.6 Å². The van der Waals surface area contributed by atoms with Crippen LogP contribution in [0.25, 0.3) is 22.6 Å². The minimum absolute atomic E-state index is 0.177. The van der Waals surface area contributed by atoms with E-state index in [0.717, 1.165) is 22.0 Å². The molecule has 6 heteroatoms. The van der Waals surface area contributed by atoms with Gasteiger partial charge in [0.1, 0.15) is 0 Å². The molecule has 0 aliphatic carbocycles. The molecule has 3 N–H and O–H groups in total. The van der Waals surface area contributed by atoms with Crippen molar-refractivity contribution in [3.05, 3.63) is 59.3 Å². The van der Waals surface area contributed by atoms with Crippen LogP contribution in [0, 0.1) is 0 Å². The number of carbonyl (C=O) groups excluding carboxylic acids is 2. The number of benzene rings is 2. The fraction of sp³-hybridized carbons (Fsp3) is 0.0556. The fourth-order valence-corrected chi connectivity index (χ4v) is 2.83. The number of nitrogens with one attached hydrogen (secondary N) is 3. The summed E-state index contributed by atoms with van der Waals surface area (Å²) in [6.45, 7) is 0. The van der Waals surface area contributed by atoms with Crippen LogP contribution in [0.3, 0.4) is 0 Å². The fourth-order valence-electron chi connectivity index (χ4n) is 2.83. The van der Waals surface area contributed by atoms with E-state index in [1.807, 2.05) is 24.3 Å². The molecular formula is C18H14N4O2. The Morgan fingerprint density at radius 1 is 1.21 bits per heavy atom. The number of anilines is 1. The van der Waals surface area contributed by atoms with Crippen LogP contribution in [0.4, 0.5) is 5.69 Å². The molecule has 24 heavy (non-hydrogen) atoms. The molecule has 4 rings (SSSR count). The van der Waals surface area contributed by atoms with Gasteiger partial charge in [0.2, 0.25) is 0 Å². The lowest BCUT2D eigenvalue weighted by Crippen LogP contribution is -2.17. The van der Waals surface area contributed by atoms with Crippen LogP contribution in [0.2, 0.25) is 0 Å². The Balaban J connectivity index is 1.77. The Hall–Kier alpha value is -3.41. The summed E-state index contributed by atoms with van der Waals surface area (Å²) in [6.07, 6.45) is 3.59. The molecule has 2 aromatic carbocycles. The highest BCUT2D eigenvalue weighted by atomic mass is 16.2. The molecule has 0 atom stereocenters. The maximum absolute atomic E-state index is 12.3.